The maximum atomic E-state index is 2.48. The van der Waals surface area contributed by atoms with Gasteiger partial charge in [-0.15, -0.1) is 0 Å². The van der Waals surface area contributed by atoms with E-state index in [0.29, 0.717) is 0 Å². The van der Waals surface area contributed by atoms with Gasteiger partial charge in [0.25, 0.3) is 0 Å². The van der Waals surface area contributed by atoms with Gasteiger partial charge >= 0.3 is 0 Å². The van der Waals surface area contributed by atoms with Gasteiger partial charge in [-0.25, -0.2) is 0 Å². The van der Waals surface area contributed by atoms with Gasteiger partial charge < -0.3 is 0 Å². The second kappa shape index (κ2) is 6.97. The van der Waals surface area contributed by atoms with Crippen molar-refractivity contribution in [2.24, 2.45) is 0 Å². The van der Waals surface area contributed by atoms with Crippen LogP contribution in [0.4, 0.5) is 0 Å². The Morgan fingerprint density at radius 2 is 1.48 bits per heavy atom. The van der Waals surface area contributed by atoms with Crippen LogP contribution in [0.2, 0.25) is 0 Å². The second-order valence-corrected chi connectivity index (χ2v) is 6.08. The highest BCUT2D eigenvalue weighted by Crippen LogP contribution is 2.34. The first-order valence-electron chi connectivity index (χ1n) is 8.53. The third-order valence-corrected chi connectivity index (χ3v) is 4.77. The zero-order chi connectivity index (χ0) is 16.2. The molecule has 0 aliphatic rings. The van der Waals surface area contributed by atoms with Crippen LogP contribution in [0.3, 0.4) is 0 Å². The molecule has 0 fully saturated rings. The molecule has 0 aliphatic carbocycles. The van der Waals surface area contributed by atoms with Crippen molar-refractivity contribution in [3.8, 4) is 11.1 Å². The van der Waals surface area contributed by atoms with Crippen molar-refractivity contribution in [2.45, 2.75) is 27.3 Å². The van der Waals surface area contributed by atoms with Gasteiger partial charge in [-0.1, -0.05) is 68.4 Å². The van der Waals surface area contributed by atoms with Crippen molar-refractivity contribution in [1.82, 2.24) is 4.90 Å². The van der Waals surface area contributed by atoms with Crippen molar-refractivity contribution < 1.29 is 0 Å². The lowest BCUT2D eigenvalue weighted by atomic mass is 9.90. The Kier molecular flexibility index (Phi) is 4.78. The molecule has 0 saturated carbocycles. The van der Waals surface area contributed by atoms with Crippen LogP contribution in [-0.4, -0.2) is 18.0 Å². The standard InChI is InChI=1S/C22H25N/c1-4-23(5-2)16-20-15-19-13-9-10-14-21(19)22(17(20)3)18-11-7-6-8-12-18/h6-15H,4-5,16H2,1-3H3. The van der Waals surface area contributed by atoms with Crippen LogP contribution >= 0.6 is 0 Å². The van der Waals surface area contributed by atoms with Gasteiger partial charge in [0.1, 0.15) is 0 Å². The normalized spacial score (nSPS) is 11.3. The summed E-state index contributed by atoms with van der Waals surface area (Å²) in [5.41, 5.74) is 5.53. The molecule has 3 aromatic rings. The SMILES string of the molecule is CCN(CC)Cc1cc2ccccc2c(-c2ccccc2)c1C. The van der Waals surface area contributed by atoms with Gasteiger partial charge in [0.2, 0.25) is 0 Å². The van der Waals surface area contributed by atoms with E-state index in [1.807, 2.05) is 0 Å². The predicted octanol–water partition coefficient (Wildman–Crippen LogP) is 5.66. The van der Waals surface area contributed by atoms with E-state index in [1.54, 1.807) is 0 Å². The highest BCUT2D eigenvalue weighted by Gasteiger charge is 2.13. The molecule has 23 heavy (non-hydrogen) atoms. The molecule has 0 spiro atoms. The van der Waals surface area contributed by atoms with Gasteiger partial charge in [-0.3, -0.25) is 4.90 Å². The molecular formula is C22H25N. The summed E-state index contributed by atoms with van der Waals surface area (Å²) in [7, 11) is 0. The molecule has 3 rings (SSSR count). The van der Waals surface area contributed by atoms with Crippen LogP contribution in [0.5, 0.6) is 0 Å². The molecule has 118 valence electrons. The average Bonchev–Trinajstić information content (AvgIpc) is 2.60. The summed E-state index contributed by atoms with van der Waals surface area (Å²) in [5, 5.41) is 2.68. The Hall–Kier alpha value is -2.12. The van der Waals surface area contributed by atoms with Crippen molar-refractivity contribution in [3.05, 3.63) is 71.8 Å². The number of hydrogen-bond acceptors (Lipinski definition) is 1. The van der Waals surface area contributed by atoms with Crippen LogP contribution in [0, 0.1) is 6.92 Å². The minimum Gasteiger partial charge on any atom is -0.300 e. The quantitative estimate of drug-likeness (QED) is 0.588. The summed E-state index contributed by atoms with van der Waals surface area (Å²) >= 11 is 0. The molecule has 0 bridgehead atoms. The van der Waals surface area contributed by atoms with Crippen LogP contribution in [0.25, 0.3) is 21.9 Å². The molecule has 0 atom stereocenters. The van der Waals surface area contributed by atoms with Crippen molar-refractivity contribution in [2.75, 3.05) is 13.1 Å². The molecule has 0 aliphatic heterocycles. The average molecular weight is 303 g/mol. The third-order valence-electron chi connectivity index (χ3n) is 4.77. The fourth-order valence-corrected chi connectivity index (χ4v) is 3.34. The van der Waals surface area contributed by atoms with Crippen LogP contribution in [0.1, 0.15) is 25.0 Å². The summed E-state index contributed by atoms with van der Waals surface area (Å²) in [6.45, 7) is 9.93. The van der Waals surface area contributed by atoms with E-state index in [0.717, 1.165) is 19.6 Å². The van der Waals surface area contributed by atoms with E-state index in [9.17, 15) is 0 Å². The molecule has 0 unspecified atom stereocenters. The number of rotatable bonds is 5. The summed E-state index contributed by atoms with van der Waals surface area (Å²) in [6, 6.07) is 21.9. The van der Waals surface area contributed by atoms with E-state index < -0.39 is 0 Å². The Balaban J connectivity index is 2.22. The Morgan fingerprint density at radius 3 is 2.17 bits per heavy atom. The predicted molar refractivity (Wildman–Crippen MR) is 101 cm³/mol. The lowest BCUT2D eigenvalue weighted by Gasteiger charge is -2.22. The third kappa shape index (κ3) is 3.16. The fourth-order valence-electron chi connectivity index (χ4n) is 3.34. The largest absolute Gasteiger partial charge is 0.300 e. The fraction of sp³-hybridized carbons (Fsp3) is 0.273. The molecule has 1 heteroatoms. The van der Waals surface area contributed by atoms with E-state index in [-0.39, 0.29) is 0 Å². The Bertz CT molecular complexity index is 786. The number of benzene rings is 3. The van der Waals surface area contributed by atoms with Gasteiger partial charge in [0.05, 0.1) is 0 Å². The van der Waals surface area contributed by atoms with Crippen molar-refractivity contribution >= 4 is 10.8 Å². The minimum atomic E-state index is 1.02. The zero-order valence-electron chi connectivity index (χ0n) is 14.3. The molecule has 0 amide bonds. The first-order valence-corrected chi connectivity index (χ1v) is 8.53. The monoisotopic (exact) mass is 303 g/mol. The Morgan fingerprint density at radius 1 is 0.826 bits per heavy atom. The molecular weight excluding hydrogens is 278 g/mol. The van der Waals surface area contributed by atoms with E-state index in [2.05, 4.69) is 86.3 Å². The molecule has 0 N–H and O–H groups in total. The molecule has 0 heterocycles. The summed E-state index contributed by atoms with van der Waals surface area (Å²) < 4.78 is 0. The van der Waals surface area contributed by atoms with E-state index >= 15 is 0 Å². The molecule has 3 aromatic carbocycles. The zero-order valence-corrected chi connectivity index (χ0v) is 14.3. The summed E-state index contributed by atoms with van der Waals surface area (Å²) in [5.74, 6) is 0. The van der Waals surface area contributed by atoms with Crippen LogP contribution in [0.15, 0.2) is 60.7 Å². The van der Waals surface area contributed by atoms with E-state index in [1.165, 1.54) is 33.0 Å². The van der Waals surface area contributed by atoms with Gasteiger partial charge in [-0.2, -0.15) is 0 Å². The lowest BCUT2D eigenvalue weighted by Crippen LogP contribution is -2.22. The summed E-state index contributed by atoms with van der Waals surface area (Å²) in [4.78, 5) is 2.48. The molecule has 1 nitrogen and oxygen atoms in total. The molecule has 0 aromatic heterocycles. The Labute approximate surface area is 139 Å². The topological polar surface area (TPSA) is 3.24 Å². The number of hydrogen-bond donors (Lipinski definition) is 0. The first kappa shape index (κ1) is 15.8. The molecule has 0 saturated heterocycles. The maximum absolute atomic E-state index is 2.48. The maximum Gasteiger partial charge on any atom is 0.0236 e. The highest BCUT2D eigenvalue weighted by atomic mass is 15.1. The van der Waals surface area contributed by atoms with Gasteiger partial charge in [-0.05, 0) is 59.1 Å². The van der Waals surface area contributed by atoms with Crippen molar-refractivity contribution in [1.29, 1.82) is 0 Å². The van der Waals surface area contributed by atoms with Crippen LogP contribution in [-0.2, 0) is 6.54 Å². The first-order chi connectivity index (χ1) is 11.2. The van der Waals surface area contributed by atoms with Gasteiger partial charge in [0, 0.05) is 6.54 Å². The summed E-state index contributed by atoms with van der Waals surface area (Å²) in [6.07, 6.45) is 0. The number of fused-ring (bicyclic) bond motifs is 1. The minimum absolute atomic E-state index is 1.02. The highest BCUT2D eigenvalue weighted by molar-refractivity contribution is 5.99. The lowest BCUT2D eigenvalue weighted by molar-refractivity contribution is 0.295. The van der Waals surface area contributed by atoms with Gasteiger partial charge in [0.15, 0.2) is 0 Å². The second-order valence-electron chi connectivity index (χ2n) is 6.08. The van der Waals surface area contributed by atoms with Crippen LogP contribution < -0.4 is 0 Å². The number of nitrogens with zero attached hydrogens (tertiary/aromatic N) is 1. The smallest absolute Gasteiger partial charge is 0.0236 e. The van der Waals surface area contributed by atoms with Crippen molar-refractivity contribution in [3.63, 3.8) is 0 Å². The molecule has 0 radical (unpaired) electrons. The van der Waals surface area contributed by atoms with E-state index in [4.69, 9.17) is 0 Å².